The summed E-state index contributed by atoms with van der Waals surface area (Å²) in [6.07, 6.45) is 1.08. The Hall–Kier alpha value is -0.130. The topological polar surface area (TPSA) is 57.2 Å². The van der Waals surface area contributed by atoms with Gasteiger partial charge in [-0.15, -0.1) is 0 Å². The molecule has 0 saturated carbocycles. The molecule has 3 nitrogen and oxygen atoms in total. The van der Waals surface area contributed by atoms with Crippen LogP contribution in [0.5, 0.6) is 0 Å². The molecule has 0 spiro atoms. The van der Waals surface area contributed by atoms with E-state index in [1.54, 1.807) is 0 Å². The number of Topliss-reactive ketones (excluding diaryl/α,β-unsaturated/α-hetero) is 1. The maximum Gasteiger partial charge on any atom is 0.126 e. The van der Waals surface area contributed by atoms with Crippen LogP contribution in [0.4, 0.5) is 0 Å². The number of carbonyl (C=O) groups excluding carboxylic acids is 1. The van der Waals surface area contributed by atoms with Gasteiger partial charge in [0.1, 0.15) is 5.78 Å². The van der Waals surface area contributed by atoms with Gasteiger partial charge in [0.25, 0.3) is 0 Å². The van der Waals surface area contributed by atoms with Gasteiger partial charge in [-0.3, -0.25) is 4.21 Å². The normalized spacial score (nSPS) is 8.14. The third kappa shape index (κ3) is 83000. The van der Waals surface area contributed by atoms with Gasteiger partial charge in [0.15, 0.2) is 0 Å². The maximum absolute atomic E-state index is 9.44. The number of hydrogen-bond acceptors (Lipinski definition) is 4. The molecule has 0 amide bonds. The summed E-state index contributed by atoms with van der Waals surface area (Å²) in [5.41, 5.74) is 0. The highest BCUT2D eigenvalue weighted by Crippen LogP contribution is 1.61. The average Bonchev–Trinajstić information content (AvgIpc) is 1.54. The van der Waals surface area contributed by atoms with Crippen LogP contribution in [0.2, 0.25) is 0 Å². The van der Waals surface area contributed by atoms with Crippen molar-refractivity contribution in [1.82, 2.24) is 0 Å². The van der Waals surface area contributed by atoms with Crippen molar-refractivity contribution in [2.24, 2.45) is 0 Å². The molecule has 14 heavy (non-hydrogen) atoms. The SMILES string of the molecule is C.C.CC(C)=O.CC(C)=S.CS(=O)[O-]. The van der Waals surface area contributed by atoms with E-state index in [1.165, 1.54) is 13.8 Å². The minimum Gasteiger partial charge on any atom is -0.773 e. The van der Waals surface area contributed by atoms with Crippen molar-refractivity contribution in [2.45, 2.75) is 42.5 Å². The van der Waals surface area contributed by atoms with Gasteiger partial charge in [-0.25, -0.2) is 0 Å². The first kappa shape index (κ1) is 29.2. The molecule has 0 aliphatic carbocycles. The Morgan fingerprint density at radius 3 is 1.14 bits per heavy atom. The zero-order valence-corrected chi connectivity index (χ0v) is 9.67. The fourth-order valence-corrected chi connectivity index (χ4v) is 0. The lowest BCUT2D eigenvalue weighted by Gasteiger charge is -1.85. The van der Waals surface area contributed by atoms with Crippen molar-refractivity contribution >= 4 is 33.9 Å². The number of carbonyl (C=O) groups is 1. The zero-order valence-electron chi connectivity index (χ0n) is 8.04. The molecule has 0 fully saturated rings. The Balaban J connectivity index is -0.0000000270. The predicted octanol–water partition coefficient (Wildman–Crippen LogP) is 2.76. The molecule has 0 aromatic rings. The van der Waals surface area contributed by atoms with Crippen LogP contribution >= 0.6 is 12.2 Å². The van der Waals surface area contributed by atoms with E-state index in [2.05, 4.69) is 12.2 Å². The average molecular weight is 243 g/mol. The minimum absolute atomic E-state index is 0. The van der Waals surface area contributed by atoms with Crippen LogP contribution in [-0.2, 0) is 15.9 Å². The summed E-state index contributed by atoms with van der Waals surface area (Å²) in [6.45, 7) is 6.85. The van der Waals surface area contributed by atoms with Crippen molar-refractivity contribution in [2.75, 3.05) is 6.26 Å². The van der Waals surface area contributed by atoms with Gasteiger partial charge < -0.3 is 9.35 Å². The summed E-state index contributed by atoms with van der Waals surface area (Å²) in [6, 6.07) is 0. The molecule has 0 aromatic carbocycles. The molecule has 0 radical (unpaired) electrons. The highest BCUT2D eigenvalue weighted by molar-refractivity contribution is 7.80. The van der Waals surface area contributed by atoms with Crippen LogP contribution in [0.25, 0.3) is 0 Å². The van der Waals surface area contributed by atoms with Gasteiger partial charge in [0.05, 0.1) is 0 Å². The smallest absolute Gasteiger partial charge is 0.126 e. The Morgan fingerprint density at radius 1 is 1.14 bits per heavy atom. The Morgan fingerprint density at radius 2 is 1.14 bits per heavy atom. The molecular weight excluding hydrogens is 220 g/mol. The van der Waals surface area contributed by atoms with Gasteiger partial charge >= 0.3 is 0 Å². The third-order valence-corrected chi connectivity index (χ3v) is 0. The van der Waals surface area contributed by atoms with Crippen molar-refractivity contribution in [3.63, 3.8) is 0 Å². The molecule has 0 N–H and O–H groups in total. The van der Waals surface area contributed by atoms with E-state index in [9.17, 15) is 4.79 Å². The van der Waals surface area contributed by atoms with E-state index in [0.29, 0.717) is 0 Å². The number of thiocarbonyl (C=S) groups is 1. The zero-order chi connectivity index (χ0) is 10.7. The van der Waals surface area contributed by atoms with E-state index >= 15 is 0 Å². The second-order valence-corrected chi connectivity index (χ2v) is 3.84. The first-order valence-electron chi connectivity index (χ1n) is 3.15. The molecular formula is C9H23O3S2-. The largest absolute Gasteiger partial charge is 0.773 e. The molecule has 0 bridgehead atoms. The lowest BCUT2D eigenvalue weighted by Crippen LogP contribution is -1.73. The molecule has 0 saturated heterocycles. The lowest BCUT2D eigenvalue weighted by atomic mass is 10.6. The van der Waals surface area contributed by atoms with E-state index < -0.39 is 11.1 Å². The molecule has 0 aliphatic heterocycles. The predicted molar refractivity (Wildman–Crippen MR) is 68.6 cm³/mol. The van der Waals surface area contributed by atoms with Crippen LogP contribution in [0.1, 0.15) is 42.5 Å². The van der Waals surface area contributed by atoms with Gasteiger partial charge in [-0.1, -0.05) is 38.2 Å². The molecule has 5 heteroatoms. The second kappa shape index (κ2) is 23.0. The van der Waals surface area contributed by atoms with Gasteiger partial charge in [0, 0.05) is 0 Å². The van der Waals surface area contributed by atoms with Gasteiger partial charge in [-0.2, -0.15) is 0 Å². The highest BCUT2D eigenvalue weighted by Gasteiger charge is 1.62. The summed E-state index contributed by atoms with van der Waals surface area (Å²) in [5.74, 6) is 0.167. The van der Waals surface area contributed by atoms with E-state index in [0.717, 1.165) is 11.1 Å². The number of hydrogen-bond donors (Lipinski definition) is 0. The molecule has 0 aromatic heterocycles. The standard InChI is InChI=1S/C3H6O.C3H6S.CH4O2S.2CH4/c2*1-3(2)4;1-4(2)3;;/h2*1-2H3;1H3,(H,2,3);2*1H4/p-1. The number of rotatable bonds is 0. The Labute approximate surface area is 96.6 Å². The fraction of sp³-hybridized carbons (Fsp3) is 0.778. The highest BCUT2D eigenvalue weighted by atomic mass is 32.2. The number of ketones is 1. The molecule has 1 unspecified atom stereocenters. The molecule has 0 heterocycles. The van der Waals surface area contributed by atoms with Crippen LogP contribution in [0, 0.1) is 0 Å². The minimum atomic E-state index is -1.86. The summed E-state index contributed by atoms with van der Waals surface area (Å²) in [5, 5.41) is 0. The molecule has 1 atom stereocenters. The quantitative estimate of drug-likeness (QED) is 0.485. The second-order valence-electron chi connectivity index (χ2n) is 2.22. The fourth-order valence-electron chi connectivity index (χ4n) is 0. The Bertz CT molecular complexity index is 116. The van der Waals surface area contributed by atoms with Crippen LogP contribution in [0.3, 0.4) is 0 Å². The molecule has 90 valence electrons. The van der Waals surface area contributed by atoms with E-state index in [-0.39, 0.29) is 20.6 Å². The van der Waals surface area contributed by atoms with E-state index in [4.69, 9.17) is 8.76 Å². The van der Waals surface area contributed by atoms with Crippen LogP contribution in [-0.4, -0.2) is 25.7 Å². The van der Waals surface area contributed by atoms with Crippen molar-refractivity contribution < 1.29 is 13.6 Å². The molecule has 0 aliphatic rings. The van der Waals surface area contributed by atoms with Crippen molar-refractivity contribution in [3.8, 4) is 0 Å². The lowest BCUT2D eigenvalue weighted by molar-refractivity contribution is -0.114. The van der Waals surface area contributed by atoms with E-state index in [1.807, 2.05) is 13.8 Å². The van der Waals surface area contributed by atoms with Crippen molar-refractivity contribution in [3.05, 3.63) is 0 Å². The van der Waals surface area contributed by atoms with Gasteiger partial charge in [-0.05, 0) is 38.8 Å². The maximum atomic E-state index is 9.44. The first-order chi connectivity index (χ1) is 5.20. The Kier molecular flexibility index (Phi) is 48.1. The summed E-state index contributed by atoms with van der Waals surface area (Å²) < 4.78 is 18.0. The van der Waals surface area contributed by atoms with Gasteiger partial charge in [0.2, 0.25) is 0 Å². The monoisotopic (exact) mass is 243 g/mol. The van der Waals surface area contributed by atoms with Crippen LogP contribution in [0.15, 0.2) is 0 Å². The molecule has 0 rings (SSSR count). The van der Waals surface area contributed by atoms with Crippen LogP contribution < -0.4 is 0 Å². The summed E-state index contributed by atoms with van der Waals surface area (Å²) in [4.78, 5) is 10.4. The third-order valence-electron chi connectivity index (χ3n) is 0. The summed E-state index contributed by atoms with van der Waals surface area (Å²) in [7, 11) is 0. The first-order valence-corrected chi connectivity index (χ1v) is 5.04. The van der Waals surface area contributed by atoms with Crippen molar-refractivity contribution in [1.29, 1.82) is 0 Å². The summed E-state index contributed by atoms with van der Waals surface area (Å²) >= 11 is 2.68.